The summed E-state index contributed by atoms with van der Waals surface area (Å²) in [5.74, 6) is -1.02. The SMILES string of the molecule is CN(C)NC(=O)Nc1ccc(C(=O)O)cc1Br. The lowest BCUT2D eigenvalue weighted by Crippen LogP contribution is -2.39. The number of hydrogen-bond acceptors (Lipinski definition) is 3. The summed E-state index contributed by atoms with van der Waals surface area (Å²) in [7, 11) is 3.37. The van der Waals surface area contributed by atoms with Crippen LogP contribution in [0.5, 0.6) is 0 Å². The molecule has 0 heterocycles. The van der Waals surface area contributed by atoms with Crippen molar-refractivity contribution in [3.8, 4) is 0 Å². The standard InChI is InChI=1S/C10H12BrN3O3/c1-14(2)13-10(17)12-8-4-3-6(9(15)16)5-7(8)11/h3-5H,1-2H3,(H,15,16)(H2,12,13,17). The van der Waals surface area contributed by atoms with Gasteiger partial charge in [-0.15, -0.1) is 0 Å². The smallest absolute Gasteiger partial charge is 0.335 e. The molecule has 0 spiro atoms. The quantitative estimate of drug-likeness (QED) is 0.743. The lowest BCUT2D eigenvalue weighted by Gasteiger charge is -2.13. The Morgan fingerprint density at radius 2 is 2.00 bits per heavy atom. The second kappa shape index (κ2) is 5.65. The van der Waals surface area contributed by atoms with Gasteiger partial charge in [0.25, 0.3) is 0 Å². The number of urea groups is 1. The minimum absolute atomic E-state index is 0.149. The minimum atomic E-state index is -1.02. The molecule has 0 bridgehead atoms. The van der Waals surface area contributed by atoms with E-state index in [1.165, 1.54) is 23.2 Å². The molecule has 7 heteroatoms. The van der Waals surface area contributed by atoms with E-state index in [1.807, 2.05) is 0 Å². The van der Waals surface area contributed by atoms with Gasteiger partial charge in [0, 0.05) is 18.6 Å². The molecule has 0 unspecified atom stereocenters. The second-order valence-corrected chi connectivity index (χ2v) is 4.31. The van der Waals surface area contributed by atoms with Gasteiger partial charge in [-0.2, -0.15) is 0 Å². The zero-order chi connectivity index (χ0) is 13.0. The highest BCUT2D eigenvalue weighted by Gasteiger charge is 2.09. The van der Waals surface area contributed by atoms with E-state index < -0.39 is 12.0 Å². The van der Waals surface area contributed by atoms with Gasteiger partial charge in [-0.3, -0.25) is 5.43 Å². The average molecular weight is 302 g/mol. The number of carboxylic acids is 1. The summed E-state index contributed by atoms with van der Waals surface area (Å²) < 4.78 is 0.506. The first-order chi connectivity index (χ1) is 7.90. The molecule has 1 aromatic rings. The lowest BCUT2D eigenvalue weighted by molar-refractivity contribution is 0.0697. The largest absolute Gasteiger partial charge is 0.478 e. The molecule has 3 N–H and O–H groups in total. The molecule has 0 radical (unpaired) electrons. The van der Waals surface area contributed by atoms with Crippen LogP contribution in [0.1, 0.15) is 10.4 Å². The van der Waals surface area contributed by atoms with E-state index in [2.05, 4.69) is 26.7 Å². The van der Waals surface area contributed by atoms with E-state index in [-0.39, 0.29) is 5.56 Å². The molecule has 17 heavy (non-hydrogen) atoms. The lowest BCUT2D eigenvalue weighted by atomic mass is 10.2. The summed E-state index contributed by atoms with van der Waals surface area (Å²) in [6.07, 6.45) is 0. The molecule has 0 aliphatic carbocycles. The number of anilines is 1. The molecule has 0 saturated carbocycles. The number of rotatable bonds is 3. The molecule has 1 rings (SSSR count). The maximum Gasteiger partial charge on any atom is 0.335 e. The van der Waals surface area contributed by atoms with Crippen molar-refractivity contribution in [3.05, 3.63) is 28.2 Å². The van der Waals surface area contributed by atoms with Gasteiger partial charge in [0.15, 0.2) is 0 Å². The van der Waals surface area contributed by atoms with Crippen LogP contribution in [-0.2, 0) is 0 Å². The van der Waals surface area contributed by atoms with E-state index in [0.717, 1.165) is 0 Å². The van der Waals surface area contributed by atoms with Gasteiger partial charge in [0.2, 0.25) is 0 Å². The summed E-state index contributed by atoms with van der Waals surface area (Å²) >= 11 is 3.19. The molecule has 2 amide bonds. The Hall–Kier alpha value is -1.60. The third-order valence-electron chi connectivity index (χ3n) is 1.79. The molecule has 0 aliphatic rings. The van der Waals surface area contributed by atoms with Gasteiger partial charge in [0.05, 0.1) is 11.3 Å². The molecule has 0 aromatic heterocycles. The van der Waals surface area contributed by atoms with Crippen molar-refractivity contribution < 1.29 is 14.7 Å². The van der Waals surface area contributed by atoms with Crippen molar-refractivity contribution in [1.29, 1.82) is 0 Å². The number of nitrogens with zero attached hydrogens (tertiary/aromatic N) is 1. The van der Waals surface area contributed by atoms with Crippen molar-refractivity contribution in [1.82, 2.24) is 10.4 Å². The zero-order valence-electron chi connectivity index (χ0n) is 9.32. The fraction of sp³-hybridized carbons (Fsp3) is 0.200. The Labute approximate surface area is 107 Å². The van der Waals surface area contributed by atoms with Crippen LogP contribution in [0.2, 0.25) is 0 Å². The van der Waals surface area contributed by atoms with Crippen LogP contribution >= 0.6 is 15.9 Å². The molecule has 1 aromatic carbocycles. The van der Waals surface area contributed by atoms with E-state index in [0.29, 0.717) is 10.2 Å². The molecule has 0 atom stereocenters. The third kappa shape index (κ3) is 4.04. The van der Waals surface area contributed by atoms with E-state index in [1.54, 1.807) is 14.1 Å². The Morgan fingerprint density at radius 3 is 2.47 bits per heavy atom. The number of aromatic carboxylic acids is 1. The topological polar surface area (TPSA) is 81.7 Å². The molecular weight excluding hydrogens is 290 g/mol. The van der Waals surface area contributed by atoms with E-state index >= 15 is 0 Å². The molecule has 0 fully saturated rings. The third-order valence-corrected chi connectivity index (χ3v) is 2.45. The highest BCUT2D eigenvalue weighted by atomic mass is 79.9. The van der Waals surface area contributed by atoms with Crippen molar-refractivity contribution in [2.24, 2.45) is 0 Å². The molecule has 92 valence electrons. The van der Waals surface area contributed by atoms with Gasteiger partial charge in [-0.1, -0.05) is 0 Å². The first-order valence-electron chi connectivity index (χ1n) is 4.68. The number of benzene rings is 1. The van der Waals surface area contributed by atoms with Crippen LogP contribution in [0, 0.1) is 0 Å². The van der Waals surface area contributed by atoms with E-state index in [9.17, 15) is 9.59 Å². The van der Waals surface area contributed by atoms with Gasteiger partial charge in [-0.05, 0) is 34.1 Å². The summed E-state index contributed by atoms with van der Waals surface area (Å²) in [5, 5.41) is 12.8. The summed E-state index contributed by atoms with van der Waals surface area (Å²) in [6.45, 7) is 0. The van der Waals surface area contributed by atoms with Crippen LogP contribution in [0.15, 0.2) is 22.7 Å². The Kier molecular flexibility index (Phi) is 4.47. The number of nitrogens with one attached hydrogen (secondary N) is 2. The fourth-order valence-corrected chi connectivity index (χ4v) is 1.58. The van der Waals surface area contributed by atoms with Gasteiger partial charge in [-0.25, -0.2) is 14.6 Å². The van der Waals surface area contributed by atoms with Crippen LogP contribution in [-0.4, -0.2) is 36.2 Å². The summed E-state index contributed by atoms with van der Waals surface area (Å²) in [4.78, 5) is 22.1. The van der Waals surface area contributed by atoms with Crippen LogP contribution in [0.4, 0.5) is 10.5 Å². The van der Waals surface area contributed by atoms with Crippen LogP contribution < -0.4 is 10.7 Å². The Balaban J connectivity index is 2.79. The molecule has 6 nitrogen and oxygen atoms in total. The van der Waals surface area contributed by atoms with E-state index in [4.69, 9.17) is 5.11 Å². The summed E-state index contributed by atoms with van der Waals surface area (Å²) in [5.41, 5.74) is 3.15. The number of carboxylic acid groups (broad SMARTS) is 1. The van der Waals surface area contributed by atoms with Crippen molar-refractivity contribution >= 4 is 33.6 Å². The molecule has 0 saturated heterocycles. The number of amides is 2. The second-order valence-electron chi connectivity index (χ2n) is 3.46. The maximum atomic E-state index is 11.4. The Morgan fingerprint density at radius 1 is 1.35 bits per heavy atom. The van der Waals surface area contributed by atoms with Gasteiger partial charge in [0.1, 0.15) is 0 Å². The minimum Gasteiger partial charge on any atom is -0.478 e. The Bertz CT molecular complexity index is 448. The van der Waals surface area contributed by atoms with Crippen molar-refractivity contribution in [2.45, 2.75) is 0 Å². The monoisotopic (exact) mass is 301 g/mol. The predicted molar refractivity (Wildman–Crippen MR) is 66.9 cm³/mol. The number of carbonyl (C=O) groups is 2. The normalized spacial score (nSPS) is 10.1. The van der Waals surface area contributed by atoms with Gasteiger partial charge < -0.3 is 10.4 Å². The van der Waals surface area contributed by atoms with Crippen LogP contribution in [0.25, 0.3) is 0 Å². The molecule has 0 aliphatic heterocycles. The first kappa shape index (κ1) is 13.5. The maximum absolute atomic E-state index is 11.4. The number of hydrogen-bond donors (Lipinski definition) is 3. The van der Waals surface area contributed by atoms with Crippen molar-refractivity contribution in [3.63, 3.8) is 0 Å². The highest BCUT2D eigenvalue weighted by Crippen LogP contribution is 2.23. The number of carbonyl (C=O) groups excluding carboxylic acids is 1. The van der Waals surface area contributed by atoms with Crippen molar-refractivity contribution in [2.75, 3.05) is 19.4 Å². The fourth-order valence-electron chi connectivity index (χ4n) is 1.10. The highest BCUT2D eigenvalue weighted by molar-refractivity contribution is 9.10. The summed E-state index contributed by atoms with van der Waals surface area (Å²) in [6, 6.07) is 3.95. The van der Waals surface area contributed by atoms with Crippen LogP contribution in [0.3, 0.4) is 0 Å². The zero-order valence-corrected chi connectivity index (χ0v) is 10.9. The first-order valence-corrected chi connectivity index (χ1v) is 5.47. The molecular formula is C10H12BrN3O3. The average Bonchev–Trinajstić information content (AvgIpc) is 2.19. The predicted octanol–water partition coefficient (Wildman–Crippen LogP) is 1.75. The number of halogens is 1. The van der Waals surface area contributed by atoms with Gasteiger partial charge >= 0.3 is 12.0 Å². The number of hydrazine groups is 1.